The number of carboxylic acids is 1. The zero-order valence-corrected chi connectivity index (χ0v) is 23.4. The molecule has 1 heterocycles. The zero-order valence-electron chi connectivity index (χ0n) is 22.7. The van der Waals surface area contributed by atoms with Crippen LogP contribution in [0.3, 0.4) is 0 Å². The number of fused-ring (bicyclic) bond motifs is 1. The fraction of sp³-hybridized carbons (Fsp3) is 0.152. The highest BCUT2D eigenvalue weighted by molar-refractivity contribution is 6.30. The van der Waals surface area contributed by atoms with Gasteiger partial charge in [-0.25, -0.2) is 18.7 Å². The molecule has 0 spiro atoms. The lowest BCUT2D eigenvalue weighted by atomic mass is 10.0. The molecule has 0 aliphatic heterocycles. The van der Waals surface area contributed by atoms with Gasteiger partial charge in [-0.2, -0.15) is 0 Å². The van der Waals surface area contributed by atoms with Crippen molar-refractivity contribution >= 4 is 34.5 Å². The summed E-state index contributed by atoms with van der Waals surface area (Å²) in [5.74, 6) is -2.10. The minimum absolute atomic E-state index is 0.225. The van der Waals surface area contributed by atoms with Crippen molar-refractivity contribution in [3.63, 3.8) is 0 Å². The summed E-state index contributed by atoms with van der Waals surface area (Å²) in [4.78, 5) is 35.7. The van der Waals surface area contributed by atoms with Crippen molar-refractivity contribution < 1.29 is 23.5 Å². The largest absolute Gasteiger partial charge is 0.481 e. The summed E-state index contributed by atoms with van der Waals surface area (Å²) in [7, 11) is 1.67. The molecule has 4 aromatic carbocycles. The smallest absolute Gasteiger partial charge is 0.307 e. The molecule has 0 aliphatic rings. The summed E-state index contributed by atoms with van der Waals surface area (Å²) in [5, 5.41) is 9.70. The van der Waals surface area contributed by atoms with E-state index in [1.54, 1.807) is 60.5 Å². The first-order valence-electron chi connectivity index (χ1n) is 13.2. The molecule has 0 atom stereocenters. The van der Waals surface area contributed by atoms with Crippen LogP contribution >= 0.6 is 11.6 Å². The number of hydrogen-bond donors (Lipinski definition) is 1. The van der Waals surface area contributed by atoms with Crippen LogP contribution in [0.5, 0.6) is 0 Å². The van der Waals surface area contributed by atoms with Crippen LogP contribution in [0.15, 0.2) is 84.9 Å². The molecule has 0 unspecified atom stereocenters. The molecule has 0 aliphatic carbocycles. The number of aryl methyl sites for hydroxylation is 2. The first-order valence-corrected chi connectivity index (χ1v) is 13.6. The number of carboxylic acid groups (broad SMARTS) is 1. The third kappa shape index (κ3) is 6.95. The fourth-order valence-corrected chi connectivity index (χ4v) is 4.92. The fourth-order valence-electron chi connectivity index (χ4n) is 4.79. The standard InChI is InChI=1S/C33H26ClF2N3O3/c1-39(19-20-2-10-26(35)11-3-20)33(42)24-7-13-28-30(18-24)37-29(32(38-28)23-5-8-25(34)9-6-23)12-4-21-14-22(17-31(40)41)16-27(36)15-21/h2-3,5-11,13-16,18H,4,12,17,19H2,1H3,(H,40,41). The van der Waals surface area contributed by atoms with Crippen LogP contribution in [0.2, 0.25) is 5.02 Å². The molecule has 1 amide bonds. The molecular weight excluding hydrogens is 560 g/mol. The molecule has 0 saturated heterocycles. The van der Waals surface area contributed by atoms with E-state index in [-0.39, 0.29) is 18.1 Å². The maximum Gasteiger partial charge on any atom is 0.307 e. The van der Waals surface area contributed by atoms with Gasteiger partial charge in [0, 0.05) is 29.7 Å². The molecule has 1 aromatic heterocycles. The van der Waals surface area contributed by atoms with Gasteiger partial charge in [-0.3, -0.25) is 9.59 Å². The Morgan fingerprint density at radius 2 is 1.50 bits per heavy atom. The Labute approximate surface area is 246 Å². The Kier molecular flexibility index (Phi) is 8.54. The van der Waals surface area contributed by atoms with Crippen LogP contribution in [0.1, 0.15) is 32.7 Å². The van der Waals surface area contributed by atoms with Gasteiger partial charge in [0.1, 0.15) is 11.6 Å². The van der Waals surface area contributed by atoms with Gasteiger partial charge in [-0.1, -0.05) is 41.9 Å². The van der Waals surface area contributed by atoms with Gasteiger partial charge in [0.2, 0.25) is 0 Å². The summed E-state index contributed by atoms with van der Waals surface area (Å²) >= 11 is 6.11. The third-order valence-electron chi connectivity index (χ3n) is 6.80. The lowest BCUT2D eigenvalue weighted by molar-refractivity contribution is -0.136. The molecule has 0 bridgehead atoms. The summed E-state index contributed by atoms with van der Waals surface area (Å²) in [5.41, 5.74) is 5.43. The van der Waals surface area contributed by atoms with E-state index in [0.717, 1.165) is 11.1 Å². The second-order valence-corrected chi connectivity index (χ2v) is 10.5. The number of halogens is 3. The maximum atomic E-state index is 14.2. The Bertz CT molecular complexity index is 1780. The zero-order chi connectivity index (χ0) is 29.8. The quantitative estimate of drug-likeness (QED) is 0.203. The van der Waals surface area contributed by atoms with Gasteiger partial charge in [0.15, 0.2) is 0 Å². The molecule has 42 heavy (non-hydrogen) atoms. The maximum absolute atomic E-state index is 14.2. The third-order valence-corrected chi connectivity index (χ3v) is 7.06. The number of amides is 1. The number of carbonyl (C=O) groups is 2. The minimum Gasteiger partial charge on any atom is -0.481 e. The normalized spacial score (nSPS) is 11.0. The predicted octanol–water partition coefficient (Wildman–Crippen LogP) is 6.91. The Morgan fingerprint density at radius 1 is 0.786 bits per heavy atom. The average Bonchev–Trinajstić information content (AvgIpc) is 2.96. The van der Waals surface area contributed by atoms with Crippen molar-refractivity contribution in [1.29, 1.82) is 0 Å². The van der Waals surface area contributed by atoms with Gasteiger partial charge in [-0.05, 0) is 84.1 Å². The van der Waals surface area contributed by atoms with Crippen LogP contribution in [-0.2, 0) is 30.6 Å². The Hall–Kier alpha value is -4.69. The molecule has 9 heteroatoms. The highest BCUT2D eigenvalue weighted by Crippen LogP contribution is 2.27. The van der Waals surface area contributed by atoms with E-state index in [1.165, 1.54) is 24.3 Å². The summed E-state index contributed by atoms with van der Waals surface area (Å²) in [6.07, 6.45) is 0.507. The first-order chi connectivity index (χ1) is 20.1. The van der Waals surface area contributed by atoms with E-state index in [2.05, 4.69) is 0 Å². The monoisotopic (exact) mass is 585 g/mol. The number of carbonyl (C=O) groups excluding carboxylic acids is 1. The lowest BCUT2D eigenvalue weighted by Crippen LogP contribution is -2.26. The summed E-state index contributed by atoms with van der Waals surface area (Å²) < 4.78 is 27.5. The van der Waals surface area contributed by atoms with Crippen molar-refractivity contribution in [1.82, 2.24) is 14.9 Å². The molecule has 1 N–H and O–H groups in total. The molecule has 212 valence electrons. The number of aliphatic carboxylic acids is 1. The van der Waals surface area contributed by atoms with Gasteiger partial charge in [0.25, 0.3) is 5.91 Å². The van der Waals surface area contributed by atoms with Crippen molar-refractivity contribution in [3.8, 4) is 11.3 Å². The topological polar surface area (TPSA) is 83.4 Å². The Balaban J connectivity index is 1.47. The van der Waals surface area contributed by atoms with E-state index in [9.17, 15) is 18.4 Å². The van der Waals surface area contributed by atoms with Crippen LogP contribution in [0, 0.1) is 11.6 Å². The van der Waals surface area contributed by atoms with Crippen LogP contribution in [-0.4, -0.2) is 38.9 Å². The lowest BCUT2D eigenvalue weighted by Gasteiger charge is -2.18. The number of hydrogen-bond acceptors (Lipinski definition) is 4. The van der Waals surface area contributed by atoms with Gasteiger partial charge in [-0.15, -0.1) is 0 Å². The number of nitrogens with zero attached hydrogens (tertiary/aromatic N) is 3. The highest BCUT2D eigenvalue weighted by Gasteiger charge is 2.17. The molecule has 5 rings (SSSR count). The summed E-state index contributed by atoms with van der Waals surface area (Å²) in [6.45, 7) is 0.307. The van der Waals surface area contributed by atoms with Gasteiger partial charge >= 0.3 is 5.97 Å². The second kappa shape index (κ2) is 12.4. The van der Waals surface area contributed by atoms with Crippen molar-refractivity contribution in [3.05, 3.63) is 130 Å². The first kappa shape index (κ1) is 28.8. The van der Waals surface area contributed by atoms with Crippen LogP contribution in [0.4, 0.5) is 8.78 Å². The predicted molar refractivity (Wildman–Crippen MR) is 157 cm³/mol. The van der Waals surface area contributed by atoms with E-state index in [4.69, 9.17) is 26.7 Å². The SMILES string of the molecule is CN(Cc1ccc(F)cc1)C(=O)c1ccc2nc(-c3ccc(Cl)cc3)c(CCc3cc(F)cc(CC(=O)O)c3)nc2c1. The Morgan fingerprint density at radius 3 is 2.21 bits per heavy atom. The van der Waals surface area contributed by atoms with Gasteiger partial charge in [0.05, 0.1) is 28.8 Å². The molecule has 5 aromatic rings. The highest BCUT2D eigenvalue weighted by atomic mass is 35.5. The number of rotatable bonds is 9. The second-order valence-electron chi connectivity index (χ2n) is 10.1. The number of aromatic nitrogens is 2. The van der Waals surface area contributed by atoms with Crippen LogP contribution < -0.4 is 0 Å². The average molecular weight is 586 g/mol. The minimum atomic E-state index is -1.04. The molecular formula is C33H26ClF2N3O3. The van der Waals surface area contributed by atoms with Gasteiger partial charge < -0.3 is 10.0 Å². The number of benzene rings is 4. The van der Waals surface area contributed by atoms with E-state index >= 15 is 0 Å². The van der Waals surface area contributed by atoms with E-state index in [0.29, 0.717) is 63.5 Å². The van der Waals surface area contributed by atoms with E-state index in [1.807, 2.05) is 12.1 Å². The van der Waals surface area contributed by atoms with Crippen molar-refractivity contribution in [2.75, 3.05) is 7.05 Å². The summed E-state index contributed by atoms with van der Waals surface area (Å²) in [6, 6.07) is 22.6. The molecule has 0 fully saturated rings. The molecule has 6 nitrogen and oxygen atoms in total. The van der Waals surface area contributed by atoms with Crippen molar-refractivity contribution in [2.24, 2.45) is 0 Å². The van der Waals surface area contributed by atoms with E-state index < -0.39 is 11.8 Å². The molecule has 0 saturated carbocycles. The van der Waals surface area contributed by atoms with Crippen molar-refractivity contribution in [2.45, 2.75) is 25.8 Å². The molecule has 0 radical (unpaired) electrons. The van der Waals surface area contributed by atoms with Crippen LogP contribution in [0.25, 0.3) is 22.3 Å².